The summed E-state index contributed by atoms with van der Waals surface area (Å²) in [4.78, 5) is 2.26. The largest absolute Gasteiger partial charge is 0.369 e. The van der Waals surface area contributed by atoms with Crippen LogP contribution in [-0.2, 0) is 6.54 Å². The summed E-state index contributed by atoms with van der Waals surface area (Å²) in [5, 5.41) is 3.37. The second kappa shape index (κ2) is 6.35. The summed E-state index contributed by atoms with van der Waals surface area (Å²) >= 11 is 0. The Hall–Kier alpha value is -1.09. The van der Waals surface area contributed by atoms with E-state index < -0.39 is 0 Å². The van der Waals surface area contributed by atoms with Crippen molar-refractivity contribution >= 4 is 5.69 Å². The maximum absolute atomic E-state index is 14.4. The average molecular weight is 290 g/mol. The van der Waals surface area contributed by atoms with Gasteiger partial charge in [-0.3, -0.25) is 0 Å². The Labute approximate surface area is 127 Å². The minimum absolute atomic E-state index is 0.0566. The van der Waals surface area contributed by atoms with Crippen LogP contribution in [0.25, 0.3) is 0 Å². The molecular weight excluding hydrogens is 263 g/mol. The Morgan fingerprint density at radius 2 is 1.95 bits per heavy atom. The molecule has 1 heterocycles. The monoisotopic (exact) mass is 290 g/mol. The van der Waals surface area contributed by atoms with Crippen molar-refractivity contribution < 1.29 is 4.39 Å². The molecule has 1 aliphatic heterocycles. The number of rotatable bonds is 5. The van der Waals surface area contributed by atoms with Crippen LogP contribution in [0.3, 0.4) is 0 Å². The predicted molar refractivity (Wildman–Crippen MR) is 86.0 cm³/mol. The van der Waals surface area contributed by atoms with Gasteiger partial charge in [-0.25, -0.2) is 4.39 Å². The standard InChI is InChI=1S/C18H27FN2/c1-13(2)9-20-10-14-6-7-18(17(19)8-14)21-11-15-4-3-5-16(15)12-21/h6-8,13,15-16,20H,3-5,9-12H2,1-2H3. The van der Waals surface area contributed by atoms with Crippen LogP contribution < -0.4 is 10.2 Å². The fourth-order valence-corrected chi connectivity index (χ4v) is 3.85. The fraction of sp³-hybridized carbons (Fsp3) is 0.667. The first-order valence-corrected chi connectivity index (χ1v) is 8.37. The Balaban J connectivity index is 1.62. The SMILES string of the molecule is CC(C)CNCc1ccc(N2CC3CCCC3C2)c(F)c1. The van der Waals surface area contributed by atoms with E-state index in [4.69, 9.17) is 0 Å². The maximum atomic E-state index is 14.4. The zero-order valence-corrected chi connectivity index (χ0v) is 13.2. The van der Waals surface area contributed by atoms with Crippen LogP contribution in [0.5, 0.6) is 0 Å². The van der Waals surface area contributed by atoms with Crippen molar-refractivity contribution in [3.05, 3.63) is 29.6 Å². The molecule has 0 amide bonds. The molecule has 116 valence electrons. The van der Waals surface area contributed by atoms with Gasteiger partial charge < -0.3 is 10.2 Å². The number of benzene rings is 1. The van der Waals surface area contributed by atoms with Crippen molar-refractivity contribution in [2.75, 3.05) is 24.5 Å². The van der Waals surface area contributed by atoms with E-state index in [-0.39, 0.29) is 5.82 Å². The van der Waals surface area contributed by atoms with Gasteiger partial charge in [0.25, 0.3) is 0 Å². The van der Waals surface area contributed by atoms with Crippen LogP contribution in [-0.4, -0.2) is 19.6 Å². The molecule has 0 aromatic heterocycles. The highest BCUT2D eigenvalue weighted by Gasteiger charge is 2.36. The molecule has 1 saturated carbocycles. The lowest BCUT2D eigenvalue weighted by atomic mass is 10.0. The van der Waals surface area contributed by atoms with Gasteiger partial charge in [0.1, 0.15) is 5.82 Å². The molecule has 3 heteroatoms. The quantitative estimate of drug-likeness (QED) is 0.887. The van der Waals surface area contributed by atoms with E-state index in [9.17, 15) is 4.39 Å². The van der Waals surface area contributed by atoms with Gasteiger partial charge >= 0.3 is 0 Å². The van der Waals surface area contributed by atoms with Gasteiger partial charge in [0, 0.05) is 19.6 Å². The molecule has 1 aliphatic carbocycles. The van der Waals surface area contributed by atoms with Gasteiger partial charge in [-0.05, 0) is 54.8 Å². The minimum Gasteiger partial charge on any atom is -0.369 e. The highest BCUT2D eigenvalue weighted by molar-refractivity contribution is 5.50. The molecule has 0 bridgehead atoms. The summed E-state index contributed by atoms with van der Waals surface area (Å²) in [6.07, 6.45) is 4.03. The highest BCUT2D eigenvalue weighted by atomic mass is 19.1. The minimum atomic E-state index is -0.0566. The third kappa shape index (κ3) is 3.39. The van der Waals surface area contributed by atoms with Crippen molar-refractivity contribution in [3.8, 4) is 0 Å². The maximum Gasteiger partial charge on any atom is 0.146 e. The molecule has 2 atom stereocenters. The first kappa shape index (κ1) is 14.8. The highest BCUT2D eigenvalue weighted by Crippen LogP contribution is 2.40. The van der Waals surface area contributed by atoms with Crippen molar-refractivity contribution in [2.45, 2.75) is 39.7 Å². The number of hydrogen-bond acceptors (Lipinski definition) is 2. The number of anilines is 1. The number of nitrogens with one attached hydrogen (secondary N) is 1. The summed E-state index contributed by atoms with van der Waals surface area (Å²) < 4.78 is 14.4. The Kier molecular flexibility index (Phi) is 4.48. The molecule has 1 aromatic carbocycles. The van der Waals surface area contributed by atoms with E-state index in [1.807, 2.05) is 6.07 Å². The molecule has 2 nitrogen and oxygen atoms in total. The Bertz CT molecular complexity index is 474. The molecule has 2 aliphatic rings. The van der Waals surface area contributed by atoms with Crippen LogP contribution >= 0.6 is 0 Å². The van der Waals surface area contributed by atoms with Crippen molar-refractivity contribution in [3.63, 3.8) is 0 Å². The van der Waals surface area contributed by atoms with Crippen molar-refractivity contribution in [1.82, 2.24) is 5.32 Å². The topological polar surface area (TPSA) is 15.3 Å². The second-order valence-electron chi connectivity index (χ2n) is 7.17. The van der Waals surface area contributed by atoms with Crippen LogP contribution in [0.4, 0.5) is 10.1 Å². The van der Waals surface area contributed by atoms with Crippen LogP contribution in [0.1, 0.15) is 38.7 Å². The first-order chi connectivity index (χ1) is 10.1. The molecule has 2 unspecified atom stereocenters. The summed E-state index contributed by atoms with van der Waals surface area (Å²) in [6, 6.07) is 5.75. The molecule has 2 fully saturated rings. The molecular formula is C18H27FN2. The van der Waals surface area contributed by atoms with Crippen LogP contribution in [0, 0.1) is 23.6 Å². The zero-order chi connectivity index (χ0) is 14.8. The van der Waals surface area contributed by atoms with E-state index in [1.165, 1.54) is 19.3 Å². The molecule has 0 spiro atoms. The third-order valence-corrected chi connectivity index (χ3v) is 4.96. The number of hydrogen-bond donors (Lipinski definition) is 1. The van der Waals surface area contributed by atoms with Crippen LogP contribution in [0.15, 0.2) is 18.2 Å². The Morgan fingerprint density at radius 1 is 1.24 bits per heavy atom. The first-order valence-electron chi connectivity index (χ1n) is 8.37. The van der Waals surface area contributed by atoms with E-state index in [1.54, 1.807) is 6.07 Å². The fourth-order valence-electron chi connectivity index (χ4n) is 3.85. The van der Waals surface area contributed by atoms with E-state index in [0.717, 1.165) is 49.3 Å². The van der Waals surface area contributed by atoms with E-state index in [2.05, 4.69) is 30.1 Å². The van der Waals surface area contributed by atoms with Gasteiger partial charge in [0.2, 0.25) is 0 Å². The molecule has 21 heavy (non-hydrogen) atoms. The van der Waals surface area contributed by atoms with E-state index in [0.29, 0.717) is 5.92 Å². The van der Waals surface area contributed by atoms with Crippen molar-refractivity contribution in [1.29, 1.82) is 0 Å². The van der Waals surface area contributed by atoms with Crippen LogP contribution in [0.2, 0.25) is 0 Å². The lowest BCUT2D eigenvalue weighted by Crippen LogP contribution is -2.22. The summed E-state index contributed by atoms with van der Waals surface area (Å²) in [5.41, 5.74) is 1.84. The summed E-state index contributed by atoms with van der Waals surface area (Å²) in [7, 11) is 0. The molecule has 0 radical (unpaired) electrons. The molecule has 3 rings (SSSR count). The lowest BCUT2D eigenvalue weighted by molar-refractivity contribution is 0.494. The normalized spacial score (nSPS) is 24.9. The Morgan fingerprint density at radius 3 is 2.57 bits per heavy atom. The van der Waals surface area contributed by atoms with E-state index >= 15 is 0 Å². The molecule has 1 aromatic rings. The predicted octanol–water partition coefficient (Wildman–Crippen LogP) is 3.81. The lowest BCUT2D eigenvalue weighted by Gasteiger charge is -2.21. The number of fused-ring (bicyclic) bond motifs is 1. The zero-order valence-electron chi connectivity index (χ0n) is 13.2. The molecule has 1 saturated heterocycles. The van der Waals surface area contributed by atoms with Gasteiger partial charge in [-0.2, -0.15) is 0 Å². The average Bonchev–Trinajstić information content (AvgIpc) is 2.99. The van der Waals surface area contributed by atoms with Gasteiger partial charge in [-0.15, -0.1) is 0 Å². The van der Waals surface area contributed by atoms with Gasteiger partial charge in [-0.1, -0.05) is 26.3 Å². The third-order valence-electron chi connectivity index (χ3n) is 4.96. The summed E-state index contributed by atoms with van der Waals surface area (Å²) in [6.45, 7) is 8.18. The van der Waals surface area contributed by atoms with Gasteiger partial charge in [0.05, 0.1) is 5.69 Å². The molecule has 1 N–H and O–H groups in total. The smallest absolute Gasteiger partial charge is 0.146 e. The number of nitrogens with zero attached hydrogens (tertiary/aromatic N) is 1. The second-order valence-corrected chi connectivity index (χ2v) is 7.17. The number of halogens is 1. The van der Waals surface area contributed by atoms with Gasteiger partial charge in [0.15, 0.2) is 0 Å². The van der Waals surface area contributed by atoms with Crippen molar-refractivity contribution in [2.24, 2.45) is 17.8 Å². The summed E-state index contributed by atoms with van der Waals surface area (Å²) in [5.74, 6) is 2.17.